The molecule has 6 nitrogen and oxygen atoms in total. The predicted octanol–water partition coefficient (Wildman–Crippen LogP) is 5.63. The van der Waals surface area contributed by atoms with Gasteiger partial charge in [-0.15, -0.1) is 0 Å². The summed E-state index contributed by atoms with van der Waals surface area (Å²) in [7, 11) is 0. The third-order valence-corrected chi connectivity index (χ3v) is 8.02. The number of para-hydroxylation sites is 1. The zero-order chi connectivity index (χ0) is 27.0. The molecule has 5 rings (SSSR count). The van der Waals surface area contributed by atoms with Crippen molar-refractivity contribution in [2.45, 2.75) is 38.1 Å². The number of carbonyl (C=O) groups is 2. The summed E-state index contributed by atoms with van der Waals surface area (Å²) in [4.78, 5) is 30.6. The Bertz CT molecular complexity index is 1230. The molecule has 2 fully saturated rings. The van der Waals surface area contributed by atoms with Gasteiger partial charge in [0.2, 0.25) is 5.91 Å². The molecule has 2 amide bonds. The molecule has 1 saturated heterocycles. The molecular formula is C32H36N4O2S. The zero-order valence-electron chi connectivity index (χ0n) is 22.2. The first-order valence-electron chi connectivity index (χ1n) is 13.9. The van der Waals surface area contributed by atoms with Crippen molar-refractivity contribution in [3.05, 3.63) is 102 Å². The quantitative estimate of drug-likeness (QED) is 0.397. The van der Waals surface area contributed by atoms with E-state index in [1.54, 1.807) is 0 Å². The van der Waals surface area contributed by atoms with E-state index in [9.17, 15) is 9.59 Å². The topological polar surface area (TPSA) is 64.7 Å². The van der Waals surface area contributed by atoms with Crippen LogP contribution in [-0.2, 0) is 4.79 Å². The van der Waals surface area contributed by atoms with Gasteiger partial charge in [0.25, 0.3) is 5.91 Å². The fourth-order valence-electron chi connectivity index (χ4n) is 5.75. The minimum absolute atomic E-state index is 0.0160. The van der Waals surface area contributed by atoms with Crippen LogP contribution in [0.4, 0.5) is 5.69 Å². The van der Waals surface area contributed by atoms with Crippen LogP contribution in [0, 0.1) is 5.92 Å². The average molecular weight is 541 g/mol. The Balaban J connectivity index is 1.23. The van der Waals surface area contributed by atoms with Crippen molar-refractivity contribution in [1.29, 1.82) is 0 Å². The first kappa shape index (κ1) is 27.0. The molecule has 2 N–H and O–H groups in total. The maximum atomic E-state index is 13.6. The highest BCUT2D eigenvalue weighted by atomic mass is 32.1. The number of hydrogen-bond donors (Lipinski definition) is 2. The van der Waals surface area contributed by atoms with Crippen molar-refractivity contribution in [3.63, 3.8) is 0 Å². The molecule has 1 aliphatic heterocycles. The number of amides is 2. The fraction of sp³-hybridized carbons (Fsp3) is 0.344. The SMILES string of the molecule is O=C(NC(=S)Nc1ccccc1C(=O)N1CCN(C(c2ccccc2)c2ccccc2)CC1)C1CCCCC1. The van der Waals surface area contributed by atoms with Crippen LogP contribution < -0.4 is 10.6 Å². The van der Waals surface area contributed by atoms with E-state index >= 15 is 0 Å². The molecule has 1 saturated carbocycles. The standard InChI is InChI=1S/C32H36N4O2S/c37-30(26-16-8-3-9-17-26)34-32(39)33-28-19-11-10-18-27(28)31(38)36-22-20-35(21-23-36)29(24-12-4-1-5-13-24)25-14-6-2-7-15-25/h1-2,4-7,10-15,18-19,26,29H,3,8-9,16-17,20-23H2,(H2,33,34,37,39). The number of nitrogens with zero attached hydrogens (tertiary/aromatic N) is 2. The largest absolute Gasteiger partial charge is 0.336 e. The van der Waals surface area contributed by atoms with Crippen LogP contribution in [0.5, 0.6) is 0 Å². The number of hydrogen-bond acceptors (Lipinski definition) is 4. The van der Waals surface area contributed by atoms with Gasteiger partial charge in [0.05, 0.1) is 17.3 Å². The predicted molar refractivity (Wildman–Crippen MR) is 160 cm³/mol. The molecule has 0 bridgehead atoms. The fourth-order valence-corrected chi connectivity index (χ4v) is 5.96. The third kappa shape index (κ3) is 6.72. The van der Waals surface area contributed by atoms with E-state index in [-0.39, 0.29) is 28.9 Å². The summed E-state index contributed by atoms with van der Waals surface area (Å²) in [5.41, 5.74) is 3.68. The summed E-state index contributed by atoms with van der Waals surface area (Å²) in [5.74, 6) is -0.0454. The van der Waals surface area contributed by atoms with Gasteiger partial charge in [0.1, 0.15) is 0 Å². The second-order valence-corrected chi connectivity index (χ2v) is 10.8. The Labute approximate surface area is 236 Å². The van der Waals surface area contributed by atoms with Gasteiger partial charge < -0.3 is 15.5 Å². The molecule has 39 heavy (non-hydrogen) atoms. The monoisotopic (exact) mass is 540 g/mol. The second-order valence-electron chi connectivity index (χ2n) is 10.4. The second kappa shape index (κ2) is 13.0. The van der Waals surface area contributed by atoms with Gasteiger partial charge in [-0.05, 0) is 48.3 Å². The number of carbonyl (C=O) groups excluding carboxylic acids is 2. The Morgan fingerprint density at radius 2 is 1.31 bits per heavy atom. The lowest BCUT2D eigenvalue weighted by molar-refractivity contribution is -0.124. The number of thiocarbonyl (C=S) groups is 1. The summed E-state index contributed by atoms with van der Waals surface area (Å²) in [5, 5.41) is 6.20. The molecule has 1 heterocycles. The van der Waals surface area contributed by atoms with Gasteiger partial charge in [-0.1, -0.05) is 92.1 Å². The highest BCUT2D eigenvalue weighted by Gasteiger charge is 2.29. The van der Waals surface area contributed by atoms with Crippen LogP contribution in [0.25, 0.3) is 0 Å². The summed E-state index contributed by atoms with van der Waals surface area (Å²) in [6, 6.07) is 28.6. The highest BCUT2D eigenvalue weighted by Crippen LogP contribution is 2.30. The van der Waals surface area contributed by atoms with E-state index in [1.807, 2.05) is 41.3 Å². The molecule has 0 radical (unpaired) electrons. The molecular weight excluding hydrogens is 504 g/mol. The Morgan fingerprint density at radius 3 is 1.92 bits per heavy atom. The maximum Gasteiger partial charge on any atom is 0.256 e. The highest BCUT2D eigenvalue weighted by molar-refractivity contribution is 7.80. The van der Waals surface area contributed by atoms with Crippen LogP contribution in [0.2, 0.25) is 0 Å². The van der Waals surface area contributed by atoms with Crippen LogP contribution in [0.15, 0.2) is 84.9 Å². The first-order chi connectivity index (χ1) is 19.1. The van der Waals surface area contributed by atoms with Gasteiger partial charge in [0.15, 0.2) is 5.11 Å². The van der Waals surface area contributed by atoms with Crippen LogP contribution >= 0.6 is 12.2 Å². The Morgan fingerprint density at radius 1 is 0.744 bits per heavy atom. The number of piperazine rings is 1. The Hall–Kier alpha value is -3.55. The van der Waals surface area contributed by atoms with E-state index in [1.165, 1.54) is 17.5 Å². The van der Waals surface area contributed by atoms with Gasteiger partial charge in [-0.3, -0.25) is 14.5 Å². The van der Waals surface area contributed by atoms with E-state index < -0.39 is 0 Å². The molecule has 0 atom stereocenters. The van der Waals surface area contributed by atoms with Gasteiger partial charge in [-0.25, -0.2) is 0 Å². The molecule has 202 valence electrons. The summed E-state index contributed by atoms with van der Waals surface area (Å²) in [6.45, 7) is 2.80. The lowest BCUT2D eigenvalue weighted by Crippen LogP contribution is -2.50. The molecule has 0 spiro atoms. The van der Waals surface area contributed by atoms with Crippen molar-refractivity contribution < 1.29 is 9.59 Å². The normalized spacial score (nSPS) is 16.6. The van der Waals surface area contributed by atoms with Gasteiger partial charge in [-0.2, -0.15) is 0 Å². The molecule has 1 aliphatic carbocycles. The molecule has 7 heteroatoms. The van der Waals surface area contributed by atoms with Crippen LogP contribution in [0.1, 0.15) is 59.6 Å². The van der Waals surface area contributed by atoms with E-state index in [2.05, 4.69) is 64.1 Å². The van der Waals surface area contributed by atoms with E-state index in [0.717, 1.165) is 38.8 Å². The van der Waals surface area contributed by atoms with Crippen molar-refractivity contribution in [3.8, 4) is 0 Å². The van der Waals surface area contributed by atoms with Crippen molar-refractivity contribution in [1.82, 2.24) is 15.1 Å². The number of anilines is 1. The van der Waals surface area contributed by atoms with Crippen molar-refractivity contribution >= 4 is 34.8 Å². The molecule has 3 aromatic rings. The molecule has 3 aromatic carbocycles. The maximum absolute atomic E-state index is 13.6. The number of rotatable bonds is 6. The van der Waals surface area contributed by atoms with Crippen LogP contribution in [-0.4, -0.2) is 52.9 Å². The minimum Gasteiger partial charge on any atom is -0.336 e. The molecule has 0 unspecified atom stereocenters. The van der Waals surface area contributed by atoms with Gasteiger partial charge >= 0.3 is 0 Å². The van der Waals surface area contributed by atoms with Crippen molar-refractivity contribution in [2.75, 3.05) is 31.5 Å². The van der Waals surface area contributed by atoms with Gasteiger partial charge in [0, 0.05) is 32.1 Å². The van der Waals surface area contributed by atoms with E-state index in [4.69, 9.17) is 12.2 Å². The number of nitrogens with one attached hydrogen (secondary N) is 2. The minimum atomic E-state index is -0.0323. The van der Waals surface area contributed by atoms with Crippen molar-refractivity contribution in [2.24, 2.45) is 5.92 Å². The lowest BCUT2D eigenvalue weighted by Gasteiger charge is -2.40. The zero-order valence-corrected chi connectivity index (χ0v) is 23.0. The van der Waals surface area contributed by atoms with Crippen LogP contribution in [0.3, 0.4) is 0 Å². The van der Waals surface area contributed by atoms with E-state index in [0.29, 0.717) is 24.3 Å². The Kier molecular flexibility index (Phi) is 9.01. The summed E-state index contributed by atoms with van der Waals surface area (Å²) < 4.78 is 0. The average Bonchev–Trinajstić information content (AvgIpc) is 2.99. The summed E-state index contributed by atoms with van der Waals surface area (Å²) >= 11 is 5.45. The lowest BCUT2D eigenvalue weighted by atomic mass is 9.89. The smallest absolute Gasteiger partial charge is 0.256 e. The third-order valence-electron chi connectivity index (χ3n) is 7.82. The molecule has 2 aliphatic rings. The summed E-state index contributed by atoms with van der Waals surface area (Å²) in [6.07, 6.45) is 5.17. The number of benzene rings is 3. The molecule has 0 aromatic heterocycles. The first-order valence-corrected chi connectivity index (χ1v) is 14.3.